The summed E-state index contributed by atoms with van der Waals surface area (Å²) in [7, 11) is 1.88. The Kier molecular flexibility index (Phi) is 4.58. The Balaban J connectivity index is 2.65. The second-order valence-corrected chi connectivity index (χ2v) is 3.39. The van der Waals surface area contributed by atoms with Gasteiger partial charge in [-0.25, -0.2) is 9.97 Å². The van der Waals surface area contributed by atoms with Gasteiger partial charge in [-0.3, -0.25) is 0 Å². The summed E-state index contributed by atoms with van der Waals surface area (Å²) in [6.07, 6.45) is 1.40. The third kappa shape index (κ3) is 3.21. The van der Waals surface area contributed by atoms with E-state index in [4.69, 9.17) is 22.1 Å². The lowest BCUT2D eigenvalue weighted by molar-refractivity contribution is 0.154. The highest BCUT2D eigenvalue weighted by molar-refractivity contribution is 6.35. The highest BCUT2D eigenvalue weighted by Gasteiger charge is 2.10. The van der Waals surface area contributed by atoms with Crippen LogP contribution in [0.15, 0.2) is 6.33 Å². The van der Waals surface area contributed by atoms with E-state index in [0.717, 1.165) is 0 Å². The van der Waals surface area contributed by atoms with Crippen LogP contribution in [0.4, 0.5) is 11.6 Å². The molecule has 84 valence electrons. The smallest absolute Gasteiger partial charge is 0.152 e. The summed E-state index contributed by atoms with van der Waals surface area (Å²) in [5.41, 5.74) is 5.57. The monoisotopic (exact) mass is 230 g/mol. The van der Waals surface area contributed by atoms with Gasteiger partial charge in [0.2, 0.25) is 0 Å². The lowest BCUT2D eigenvalue weighted by Gasteiger charge is -2.19. The van der Waals surface area contributed by atoms with Gasteiger partial charge in [-0.15, -0.1) is 0 Å². The van der Waals surface area contributed by atoms with Crippen molar-refractivity contribution in [2.45, 2.75) is 6.92 Å². The maximum atomic E-state index is 5.97. The van der Waals surface area contributed by atoms with E-state index < -0.39 is 0 Å². The predicted octanol–water partition coefficient (Wildman–Crippen LogP) is 1.18. The number of hydrogen-bond acceptors (Lipinski definition) is 5. The average Bonchev–Trinajstić information content (AvgIpc) is 2.22. The first-order valence-electron chi connectivity index (χ1n) is 4.71. The highest BCUT2D eigenvalue weighted by Crippen LogP contribution is 2.25. The van der Waals surface area contributed by atoms with Crippen molar-refractivity contribution in [1.82, 2.24) is 9.97 Å². The normalized spacial score (nSPS) is 10.3. The van der Waals surface area contributed by atoms with Gasteiger partial charge < -0.3 is 15.4 Å². The molecule has 0 atom stereocenters. The van der Waals surface area contributed by atoms with Crippen molar-refractivity contribution in [1.29, 1.82) is 0 Å². The lowest BCUT2D eigenvalue weighted by Crippen LogP contribution is -2.24. The topological polar surface area (TPSA) is 64.3 Å². The first kappa shape index (κ1) is 12.0. The van der Waals surface area contributed by atoms with E-state index in [1.165, 1.54) is 6.33 Å². The highest BCUT2D eigenvalue weighted by atomic mass is 35.5. The summed E-state index contributed by atoms with van der Waals surface area (Å²) in [6, 6.07) is 0. The quantitative estimate of drug-likeness (QED) is 0.770. The number of ether oxygens (including phenoxy) is 1. The molecule has 0 spiro atoms. The molecule has 6 heteroatoms. The molecule has 1 aromatic heterocycles. The number of rotatable bonds is 5. The summed E-state index contributed by atoms with van der Waals surface area (Å²) < 4.78 is 5.24. The van der Waals surface area contributed by atoms with Crippen molar-refractivity contribution >= 4 is 23.2 Å². The van der Waals surface area contributed by atoms with Crippen LogP contribution in [0, 0.1) is 0 Å². The molecule has 15 heavy (non-hydrogen) atoms. The summed E-state index contributed by atoms with van der Waals surface area (Å²) in [6.45, 7) is 4.00. The van der Waals surface area contributed by atoms with Gasteiger partial charge in [-0.1, -0.05) is 11.6 Å². The number of anilines is 2. The van der Waals surface area contributed by atoms with Crippen molar-refractivity contribution in [3.05, 3.63) is 11.3 Å². The van der Waals surface area contributed by atoms with Crippen LogP contribution in [0.3, 0.4) is 0 Å². The second-order valence-electron chi connectivity index (χ2n) is 3.01. The zero-order valence-electron chi connectivity index (χ0n) is 8.90. The summed E-state index contributed by atoms with van der Waals surface area (Å²) in [4.78, 5) is 9.75. The molecule has 0 aliphatic carbocycles. The molecule has 1 rings (SSSR count). The zero-order valence-corrected chi connectivity index (χ0v) is 9.66. The van der Waals surface area contributed by atoms with Crippen LogP contribution >= 0.6 is 11.6 Å². The lowest BCUT2D eigenvalue weighted by atomic mass is 10.4. The van der Waals surface area contributed by atoms with Gasteiger partial charge in [-0.2, -0.15) is 0 Å². The summed E-state index contributed by atoms with van der Waals surface area (Å²) >= 11 is 5.97. The standard InChI is InChI=1S/C9H15ClN4O/c1-3-15-5-4-14(2)9-7(10)8(11)12-6-13-9/h6H,3-5H2,1-2H3,(H2,11,12,13). The number of nitrogens with two attached hydrogens (primary N) is 1. The van der Waals surface area contributed by atoms with E-state index in [1.54, 1.807) is 0 Å². The largest absolute Gasteiger partial charge is 0.382 e. The van der Waals surface area contributed by atoms with Gasteiger partial charge in [0, 0.05) is 20.2 Å². The fourth-order valence-electron chi connectivity index (χ4n) is 1.09. The van der Waals surface area contributed by atoms with Crippen molar-refractivity contribution in [3.63, 3.8) is 0 Å². The Morgan fingerprint density at radius 2 is 2.27 bits per heavy atom. The van der Waals surface area contributed by atoms with E-state index in [-0.39, 0.29) is 0 Å². The van der Waals surface area contributed by atoms with E-state index >= 15 is 0 Å². The van der Waals surface area contributed by atoms with Crippen molar-refractivity contribution in [2.24, 2.45) is 0 Å². The molecule has 0 fully saturated rings. The minimum absolute atomic E-state index is 0.296. The molecular formula is C9H15ClN4O. The van der Waals surface area contributed by atoms with E-state index in [1.807, 2.05) is 18.9 Å². The molecule has 0 unspecified atom stereocenters. The van der Waals surface area contributed by atoms with Crippen LogP contribution in [-0.4, -0.2) is 36.8 Å². The number of halogens is 1. The molecule has 1 heterocycles. The molecule has 0 saturated carbocycles. The van der Waals surface area contributed by atoms with E-state index in [0.29, 0.717) is 36.4 Å². The van der Waals surface area contributed by atoms with Gasteiger partial charge in [0.1, 0.15) is 17.2 Å². The van der Waals surface area contributed by atoms with Gasteiger partial charge >= 0.3 is 0 Å². The maximum Gasteiger partial charge on any atom is 0.152 e. The Morgan fingerprint density at radius 1 is 1.53 bits per heavy atom. The van der Waals surface area contributed by atoms with Gasteiger partial charge in [0.05, 0.1) is 6.61 Å². The molecule has 0 aliphatic heterocycles. The van der Waals surface area contributed by atoms with Crippen molar-refractivity contribution in [3.8, 4) is 0 Å². The summed E-state index contributed by atoms with van der Waals surface area (Å²) in [5, 5.41) is 0.386. The average molecular weight is 231 g/mol. The minimum Gasteiger partial charge on any atom is -0.382 e. The van der Waals surface area contributed by atoms with Crippen molar-refractivity contribution < 1.29 is 4.74 Å². The van der Waals surface area contributed by atoms with Gasteiger partial charge in [0.15, 0.2) is 5.82 Å². The van der Waals surface area contributed by atoms with Crippen LogP contribution in [-0.2, 0) is 4.74 Å². The third-order valence-electron chi connectivity index (χ3n) is 1.93. The Labute approximate surface area is 94.2 Å². The fraction of sp³-hybridized carbons (Fsp3) is 0.556. The molecule has 2 N–H and O–H groups in total. The first-order chi connectivity index (χ1) is 7.16. The van der Waals surface area contributed by atoms with E-state index in [9.17, 15) is 0 Å². The Hall–Kier alpha value is -1.07. The fourth-order valence-corrected chi connectivity index (χ4v) is 1.33. The van der Waals surface area contributed by atoms with Crippen LogP contribution in [0.25, 0.3) is 0 Å². The first-order valence-corrected chi connectivity index (χ1v) is 5.09. The molecule has 0 aromatic carbocycles. The van der Waals surface area contributed by atoms with Crippen molar-refractivity contribution in [2.75, 3.05) is 37.4 Å². The van der Waals surface area contributed by atoms with Gasteiger partial charge in [0.25, 0.3) is 0 Å². The molecule has 0 bridgehead atoms. The number of nitrogens with zero attached hydrogens (tertiary/aromatic N) is 3. The minimum atomic E-state index is 0.296. The molecular weight excluding hydrogens is 216 g/mol. The van der Waals surface area contributed by atoms with Crippen LogP contribution in [0.2, 0.25) is 5.02 Å². The molecule has 5 nitrogen and oxygen atoms in total. The third-order valence-corrected chi connectivity index (χ3v) is 2.30. The second kappa shape index (κ2) is 5.72. The molecule has 0 aliphatic rings. The van der Waals surface area contributed by atoms with Crippen LogP contribution < -0.4 is 10.6 Å². The predicted molar refractivity (Wildman–Crippen MR) is 61.2 cm³/mol. The van der Waals surface area contributed by atoms with Gasteiger partial charge in [-0.05, 0) is 6.92 Å². The molecule has 0 radical (unpaired) electrons. The Bertz CT molecular complexity index is 321. The van der Waals surface area contributed by atoms with E-state index in [2.05, 4.69) is 9.97 Å². The zero-order chi connectivity index (χ0) is 11.3. The molecule has 0 amide bonds. The Morgan fingerprint density at radius 3 is 2.93 bits per heavy atom. The maximum absolute atomic E-state index is 5.97. The number of hydrogen-bond donors (Lipinski definition) is 1. The van der Waals surface area contributed by atoms with Crippen LogP contribution in [0.5, 0.6) is 0 Å². The number of likely N-dealkylation sites (N-methyl/N-ethyl adjacent to an activating group) is 1. The molecule has 1 aromatic rings. The van der Waals surface area contributed by atoms with Crippen LogP contribution in [0.1, 0.15) is 6.92 Å². The molecule has 0 saturated heterocycles. The number of aromatic nitrogens is 2. The SMILES string of the molecule is CCOCCN(C)c1ncnc(N)c1Cl. The summed E-state index contributed by atoms with van der Waals surface area (Å²) in [5.74, 6) is 0.925. The number of nitrogen functional groups attached to an aromatic ring is 1.